The second-order valence-electron chi connectivity index (χ2n) is 5.47. The number of halogens is 1. The summed E-state index contributed by atoms with van der Waals surface area (Å²) in [7, 11) is 1.61. The molecule has 7 heteroatoms. The first-order valence-corrected chi connectivity index (χ1v) is 7.74. The summed E-state index contributed by atoms with van der Waals surface area (Å²) in [6.07, 6.45) is 1.53. The summed E-state index contributed by atoms with van der Waals surface area (Å²) in [4.78, 5) is 4.38. The molecule has 0 saturated carbocycles. The summed E-state index contributed by atoms with van der Waals surface area (Å²) in [5.74, 6) is 1.37. The number of hydrogen-bond acceptors (Lipinski definition) is 6. The average Bonchev–Trinajstić information content (AvgIpc) is 2.62. The fourth-order valence-corrected chi connectivity index (χ4v) is 2.28. The maximum Gasteiger partial charge on any atom is 0.244 e. The van der Waals surface area contributed by atoms with Gasteiger partial charge in [0.15, 0.2) is 5.82 Å². The molecule has 2 aromatic carbocycles. The largest absolute Gasteiger partial charge is 0.495 e. The molecule has 0 aliphatic rings. The lowest BCUT2D eigenvalue weighted by atomic mass is 10.2. The molecule has 25 heavy (non-hydrogen) atoms. The zero-order valence-corrected chi connectivity index (χ0v) is 14.0. The Morgan fingerprint density at radius 2 is 1.92 bits per heavy atom. The van der Waals surface area contributed by atoms with Crippen LogP contribution in [0.2, 0.25) is 0 Å². The van der Waals surface area contributed by atoms with Crippen LogP contribution in [-0.4, -0.2) is 22.3 Å². The quantitative estimate of drug-likeness (QED) is 0.714. The summed E-state index contributed by atoms with van der Waals surface area (Å²) in [6, 6.07) is 12.1. The van der Waals surface area contributed by atoms with E-state index in [0.29, 0.717) is 24.1 Å². The zero-order valence-electron chi connectivity index (χ0n) is 14.0. The van der Waals surface area contributed by atoms with E-state index in [2.05, 4.69) is 25.8 Å². The Balaban J connectivity index is 1.71. The first kappa shape index (κ1) is 16.6. The summed E-state index contributed by atoms with van der Waals surface area (Å²) in [5, 5.41) is 14.2. The molecule has 0 saturated heterocycles. The number of aryl methyl sites for hydroxylation is 1. The Bertz CT molecular complexity index is 854. The predicted molar refractivity (Wildman–Crippen MR) is 94.6 cm³/mol. The van der Waals surface area contributed by atoms with Crippen LogP contribution < -0.4 is 15.4 Å². The van der Waals surface area contributed by atoms with E-state index in [-0.39, 0.29) is 5.82 Å². The molecule has 128 valence electrons. The molecule has 0 aliphatic carbocycles. The van der Waals surface area contributed by atoms with E-state index in [4.69, 9.17) is 4.74 Å². The highest BCUT2D eigenvalue weighted by atomic mass is 19.1. The highest BCUT2D eigenvalue weighted by molar-refractivity contribution is 5.65. The standard InChI is InChI=1S/C18H18FN5O/c1-12-3-8-16(25-2)15(9-12)22-17-11-21-24-18(23-17)20-10-13-4-6-14(19)7-5-13/h3-9,11H,10H2,1-2H3,(H2,20,22,23,24). The fourth-order valence-electron chi connectivity index (χ4n) is 2.28. The SMILES string of the molecule is COc1ccc(C)cc1Nc1cnnc(NCc2ccc(F)cc2)n1. The average molecular weight is 339 g/mol. The van der Waals surface area contributed by atoms with Crippen molar-refractivity contribution in [2.24, 2.45) is 0 Å². The van der Waals surface area contributed by atoms with Crippen LogP contribution in [0.4, 0.5) is 21.8 Å². The summed E-state index contributed by atoms with van der Waals surface area (Å²) in [6.45, 7) is 2.47. The Labute approximate surface area is 145 Å². The fraction of sp³-hybridized carbons (Fsp3) is 0.167. The lowest BCUT2D eigenvalue weighted by Crippen LogP contribution is -2.06. The molecule has 0 fully saturated rings. The Morgan fingerprint density at radius 3 is 2.68 bits per heavy atom. The van der Waals surface area contributed by atoms with Crippen LogP contribution in [0.25, 0.3) is 0 Å². The third kappa shape index (κ3) is 4.41. The second kappa shape index (κ2) is 7.57. The minimum absolute atomic E-state index is 0.264. The molecule has 0 bridgehead atoms. The van der Waals surface area contributed by atoms with E-state index in [9.17, 15) is 4.39 Å². The van der Waals surface area contributed by atoms with Crippen molar-refractivity contribution in [3.63, 3.8) is 0 Å². The normalized spacial score (nSPS) is 10.4. The van der Waals surface area contributed by atoms with Gasteiger partial charge in [0.05, 0.1) is 19.0 Å². The topological polar surface area (TPSA) is 72.0 Å². The van der Waals surface area contributed by atoms with E-state index < -0.39 is 0 Å². The van der Waals surface area contributed by atoms with Crippen molar-refractivity contribution < 1.29 is 9.13 Å². The van der Waals surface area contributed by atoms with E-state index in [1.807, 2.05) is 25.1 Å². The molecule has 6 nitrogen and oxygen atoms in total. The van der Waals surface area contributed by atoms with Gasteiger partial charge in [0.1, 0.15) is 11.6 Å². The number of aromatic nitrogens is 3. The van der Waals surface area contributed by atoms with Crippen LogP contribution >= 0.6 is 0 Å². The molecule has 3 aromatic rings. The molecule has 2 N–H and O–H groups in total. The lowest BCUT2D eigenvalue weighted by Gasteiger charge is -2.12. The van der Waals surface area contributed by atoms with Crippen LogP contribution in [0.1, 0.15) is 11.1 Å². The Kier molecular flexibility index (Phi) is 5.03. The van der Waals surface area contributed by atoms with Crippen molar-refractivity contribution >= 4 is 17.5 Å². The van der Waals surface area contributed by atoms with Gasteiger partial charge >= 0.3 is 0 Å². The first-order chi connectivity index (χ1) is 12.1. The maximum atomic E-state index is 12.9. The molecule has 0 amide bonds. The molecule has 1 heterocycles. The summed E-state index contributed by atoms with van der Waals surface area (Å²) in [5.41, 5.74) is 2.82. The van der Waals surface area contributed by atoms with Crippen molar-refractivity contribution in [2.45, 2.75) is 13.5 Å². The lowest BCUT2D eigenvalue weighted by molar-refractivity contribution is 0.416. The van der Waals surface area contributed by atoms with E-state index >= 15 is 0 Å². The highest BCUT2D eigenvalue weighted by Crippen LogP contribution is 2.27. The van der Waals surface area contributed by atoms with E-state index in [1.54, 1.807) is 19.2 Å². The summed E-state index contributed by atoms with van der Waals surface area (Å²) < 4.78 is 18.3. The van der Waals surface area contributed by atoms with Crippen LogP contribution in [0.3, 0.4) is 0 Å². The van der Waals surface area contributed by atoms with Gasteiger partial charge in [-0.15, -0.1) is 5.10 Å². The first-order valence-electron chi connectivity index (χ1n) is 7.74. The van der Waals surface area contributed by atoms with Gasteiger partial charge in [-0.1, -0.05) is 18.2 Å². The van der Waals surface area contributed by atoms with Crippen molar-refractivity contribution in [3.05, 3.63) is 65.6 Å². The summed E-state index contributed by atoms with van der Waals surface area (Å²) >= 11 is 0. The van der Waals surface area contributed by atoms with Gasteiger partial charge in [-0.3, -0.25) is 0 Å². The molecule has 3 rings (SSSR count). The van der Waals surface area contributed by atoms with Crippen molar-refractivity contribution in [1.82, 2.24) is 15.2 Å². The minimum atomic E-state index is -0.264. The van der Waals surface area contributed by atoms with Gasteiger partial charge in [0.25, 0.3) is 0 Å². The smallest absolute Gasteiger partial charge is 0.244 e. The molecule has 0 spiro atoms. The minimum Gasteiger partial charge on any atom is -0.495 e. The van der Waals surface area contributed by atoms with Gasteiger partial charge in [0, 0.05) is 6.54 Å². The number of rotatable bonds is 6. The third-order valence-electron chi connectivity index (χ3n) is 3.54. The number of ether oxygens (including phenoxy) is 1. The van der Waals surface area contributed by atoms with Gasteiger partial charge < -0.3 is 15.4 Å². The third-order valence-corrected chi connectivity index (χ3v) is 3.54. The van der Waals surface area contributed by atoms with Crippen molar-refractivity contribution in [2.75, 3.05) is 17.7 Å². The van der Waals surface area contributed by atoms with Gasteiger partial charge in [-0.2, -0.15) is 10.1 Å². The highest BCUT2D eigenvalue weighted by Gasteiger charge is 2.06. The van der Waals surface area contributed by atoms with Gasteiger partial charge in [-0.05, 0) is 42.3 Å². The molecular formula is C18H18FN5O. The van der Waals surface area contributed by atoms with Crippen LogP contribution in [-0.2, 0) is 6.54 Å². The number of methoxy groups -OCH3 is 1. The molecule has 1 aromatic heterocycles. The van der Waals surface area contributed by atoms with Crippen LogP contribution in [0.15, 0.2) is 48.7 Å². The molecule has 0 unspecified atom stereocenters. The van der Waals surface area contributed by atoms with E-state index in [1.165, 1.54) is 18.3 Å². The van der Waals surface area contributed by atoms with Gasteiger partial charge in [-0.25, -0.2) is 4.39 Å². The Morgan fingerprint density at radius 1 is 1.12 bits per heavy atom. The molecule has 0 atom stereocenters. The van der Waals surface area contributed by atoms with Crippen LogP contribution in [0.5, 0.6) is 5.75 Å². The van der Waals surface area contributed by atoms with Crippen LogP contribution in [0, 0.1) is 12.7 Å². The molecule has 0 radical (unpaired) electrons. The van der Waals surface area contributed by atoms with Crippen molar-refractivity contribution in [1.29, 1.82) is 0 Å². The van der Waals surface area contributed by atoms with Crippen molar-refractivity contribution in [3.8, 4) is 5.75 Å². The predicted octanol–water partition coefficient (Wildman–Crippen LogP) is 3.68. The second-order valence-corrected chi connectivity index (χ2v) is 5.47. The number of nitrogens with zero attached hydrogens (tertiary/aromatic N) is 3. The number of hydrogen-bond donors (Lipinski definition) is 2. The van der Waals surface area contributed by atoms with E-state index in [0.717, 1.165) is 16.8 Å². The monoisotopic (exact) mass is 339 g/mol. The molecular weight excluding hydrogens is 321 g/mol. The van der Waals surface area contributed by atoms with Gasteiger partial charge in [0.2, 0.25) is 5.95 Å². The Hall–Kier alpha value is -3.22. The number of benzene rings is 2. The molecule has 0 aliphatic heterocycles. The zero-order chi connectivity index (χ0) is 17.6. The maximum absolute atomic E-state index is 12.9. The number of nitrogens with one attached hydrogen (secondary N) is 2. The number of anilines is 3.